The summed E-state index contributed by atoms with van der Waals surface area (Å²) in [4.78, 5) is 4.21. The quantitative estimate of drug-likeness (QED) is 0.186. The molecule has 0 spiro atoms. The molecule has 0 aromatic rings. The Morgan fingerprint density at radius 3 is 2.30 bits per heavy atom. The van der Waals surface area contributed by atoms with Crippen LogP contribution in [0.2, 0.25) is 0 Å². The highest BCUT2D eigenvalue weighted by Gasteiger charge is 2.20. The lowest BCUT2D eigenvalue weighted by Gasteiger charge is -2.12. The van der Waals surface area contributed by atoms with Crippen molar-refractivity contribution >= 4 is 29.9 Å². The topological polar surface area (TPSA) is 64.1 Å². The van der Waals surface area contributed by atoms with Crippen molar-refractivity contribution in [1.82, 2.24) is 10.6 Å². The Morgan fingerprint density at radius 2 is 1.65 bits per heavy atom. The van der Waals surface area contributed by atoms with Gasteiger partial charge in [-0.3, -0.25) is 4.99 Å². The summed E-state index contributed by atoms with van der Waals surface area (Å²) in [6.07, 6.45) is 5.83. The van der Waals surface area contributed by atoms with E-state index in [1.807, 2.05) is 0 Å². The fourth-order valence-electron chi connectivity index (χ4n) is 1.92. The lowest BCUT2D eigenvalue weighted by molar-refractivity contribution is 0.0689. The first kappa shape index (κ1) is 22.9. The molecule has 1 saturated carbocycles. The Bertz CT molecular complexity index is 290. The number of nitrogens with one attached hydrogen (secondary N) is 2. The molecule has 0 bridgehead atoms. The lowest BCUT2D eigenvalue weighted by atomic mass is 10.3. The van der Waals surface area contributed by atoms with E-state index >= 15 is 0 Å². The van der Waals surface area contributed by atoms with Crippen LogP contribution < -0.4 is 10.6 Å². The van der Waals surface area contributed by atoms with E-state index in [0.717, 1.165) is 64.1 Å². The van der Waals surface area contributed by atoms with E-state index in [0.29, 0.717) is 13.2 Å². The molecule has 138 valence electrons. The second-order valence-electron chi connectivity index (χ2n) is 5.61. The molecule has 0 amide bonds. The van der Waals surface area contributed by atoms with Crippen LogP contribution in [-0.4, -0.2) is 66.2 Å². The van der Waals surface area contributed by atoms with E-state index in [4.69, 9.17) is 14.2 Å². The highest BCUT2D eigenvalue weighted by Crippen LogP contribution is 2.28. The van der Waals surface area contributed by atoms with E-state index in [2.05, 4.69) is 15.6 Å². The fraction of sp³-hybridized carbons (Fsp3) is 0.938. The molecule has 1 rings (SSSR count). The first-order valence-electron chi connectivity index (χ1n) is 8.45. The van der Waals surface area contributed by atoms with Gasteiger partial charge in [0.15, 0.2) is 5.96 Å². The summed E-state index contributed by atoms with van der Waals surface area (Å²) in [5.41, 5.74) is 0. The molecule has 0 aromatic heterocycles. The molecule has 0 aliphatic heterocycles. The molecule has 0 atom stereocenters. The molecule has 6 nitrogen and oxygen atoms in total. The Morgan fingerprint density at radius 1 is 0.957 bits per heavy atom. The molecule has 0 saturated heterocycles. The third-order valence-corrected chi connectivity index (χ3v) is 3.47. The van der Waals surface area contributed by atoms with E-state index in [9.17, 15) is 0 Å². The summed E-state index contributed by atoms with van der Waals surface area (Å²) in [7, 11) is 3.48. The molecule has 1 aliphatic carbocycles. The number of ether oxygens (including phenoxy) is 3. The predicted molar refractivity (Wildman–Crippen MR) is 105 cm³/mol. The van der Waals surface area contributed by atoms with Crippen LogP contribution in [0.15, 0.2) is 4.99 Å². The summed E-state index contributed by atoms with van der Waals surface area (Å²) in [6.45, 7) is 5.71. The molecule has 0 radical (unpaired) electrons. The highest BCUT2D eigenvalue weighted by atomic mass is 127. The molecule has 23 heavy (non-hydrogen) atoms. The number of nitrogens with zero attached hydrogens (tertiary/aromatic N) is 1. The minimum atomic E-state index is 0. The van der Waals surface area contributed by atoms with E-state index in [1.165, 1.54) is 12.8 Å². The second kappa shape index (κ2) is 16.7. The Balaban J connectivity index is 0.00000484. The smallest absolute Gasteiger partial charge is 0.190 e. The molecule has 0 unspecified atom stereocenters. The van der Waals surface area contributed by atoms with Crippen molar-refractivity contribution in [3.05, 3.63) is 0 Å². The van der Waals surface area contributed by atoms with E-state index in [1.54, 1.807) is 14.2 Å². The number of guanidine groups is 1. The van der Waals surface area contributed by atoms with Gasteiger partial charge in [-0.2, -0.15) is 0 Å². The summed E-state index contributed by atoms with van der Waals surface area (Å²) in [6, 6.07) is 0. The van der Waals surface area contributed by atoms with Gasteiger partial charge in [-0.05, 0) is 38.0 Å². The van der Waals surface area contributed by atoms with Gasteiger partial charge in [0, 0.05) is 47.1 Å². The Hall–Kier alpha value is -0.120. The van der Waals surface area contributed by atoms with Crippen LogP contribution in [0.3, 0.4) is 0 Å². The van der Waals surface area contributed by atoms with Crippen LogP contribution >= 0.6 is 24.0 Å². The lowest BCUT2D eigenvalue weighted by Crippen LogP contribution is -2.38. The predicted octanol–water partition coefficient (Wildman–Crippen LogP) is 2.03. The van der Waals surface area contributed by atoms with Crippen LogP contribution in [-0.2, 0) is 14.2 Å². The van der Waals surface area contributed by atoms with Crippen molar-refractivity contribution in [3.8, 4) is 0 Å². The maximum absolute atomic E-state index is 5.60. The van der Waals surface area contributed by atoms with Crippen molar-refractivity contribution < 1.29 is 14.2 Å². The number of unbranched alkanes of at least 4 members (excludes halogenated alkanes) is 1. The van der Waals surface area contributed by atoms with Gasteiger partial charge in [-0.15, -0.1) is 24.0 Å². The number of hydrogen-bond acceptors (Lipinski definition) is 4. The van der Waals surface area contributed by atoms with Crippen molar-refractivity contribution in [3.63, 3.8) is 0 Å². The van der Waals surface area contributed by atoms with Crippen molar-refractivity contribution in [2.75, 3.05) is 60.3 Å². The van der Waals surface area contributed by atoms with Crippen LogP contribution in [0.4, 0.5) is 0 Å². The molecule has 0 heterocycles. The van der Waals surface area contributed by atoms with Gasteiger partial charge in [-0.25, -0.2) is 0 Å². The van der Waals surface area contributed by atoms with E-state index < -0.39 is 0 Å². The minimum absolute atomic E-state index is 0. The number of methoxy groups -OCH3 is 1. The molecule has 1 aliphatic rings. The van der Waals surface area contributed by atoms with Gasteiger partial charge < -0.3 is 24.8 Å². The van der Waals surface area contributed by atoms with Crippen LogP contribution in [0.5, 0.6) is 0 Å². The maximum Gasteiger partial charge on any atom is 0.190 e. The van der Waals surface area contributed by atoms with Gasteiger partial charge in [0.2, 0.25) is 0 Å². The highest BCUT2D eigenvalue weighted by molar-refractivity contribution is 14.0. The molecular weight excluding hydrogens is 409 g/mol. The summed E-state index contributed by atoms with van der Waals surface area (Å²) >= 11 is 0. The summed E-state index contributed by atoms with van der Waals surface area (Å²) in [5, 5.41) is 6.61. The minimum Gasteiger partial charge on any atom is -0.382 e. The van der Waals surface area contributed by atoms with Crippen LogP contribution in [0, 0.1) is 5.92 Å². The summed E-state index contributed by atoms with van der Waals surface area (Å²) in [5.74, 6) is 1.71. The summed E-state index contributed by atoms with van der Waals surface area (Å²) < 4.78 is 15.9. The van der Waals surface area contributed by atoms with Gasteiger partial charge >= 0.3 is 0 Å². The zero-order valence-electron chi connectivity index (χ0n) is 14.6. The maximum atomic E-state index is 5.60. The third-order valence-electron chi connectivity index (χ3n) is 3.47. The second-order valence-corrected chi connectivity index (χ2v) is 5.61. The number of rotatable bonds is 14. The normalized spacial score (nSPS) is 14.4. The molecule has 0 aromatic carbocycles. The third kappa shape index (κ3) is 15.2. The molecule has 1 fully saturated rings. The van der Waals surface area contributed by atoms with Crippen LogP contribution in [0.25, 0.3) is 0 Å². The van der Waals surface area contributed by atoms with Gasteiger partial charge in [0.1, 0.15) is 0 Å². The van der Waals surface area contributed by atoms with Crippen molar-refractivity contribution in [2.24, 2.45) is 10.9 Å². The monoisotopic (exact) mass is 443 g/mol. The Kier molecular flexibility index (Phi) is 16.6. The Labute approximate surface area is 158 Å². The van der Waals surface area contributed by atoms with Crippen molar-refractivity contribution in [1.29, 1.82) is 0 Å². The SMILES string of the molecule is CN=C(NCCCCOCCOC)NCCCOCC1CC1.I. The zero-order valence-corrected chi connectivity index (χ0v) is 17.0. The number of hydrogen-bond donors (Lipinski definition) is 2. The van der Waals surface area contributed by atoms with Gasteiger partial charge in [0.05, 0.1) is 13.2 Å². The van der Waals surface area contributed by atoms with Gasteiger partial charge in [-0.1, -0.05) is 0 Å². The molecular formula is C16H34IN3O3. The number of aliphatic imine (C=N–C) groups is 1. The van der Waals surface area contributed by atoms with Crippen LogP contribution in [0.1, 0.15) is 32.1 Å². The largest absolute Gasteiger partial charge is 0.382 e. The van der Waals surface area contributed by atoms with Gasteiger partial charge in [0.25, 0.3) is 0 Å². The fourth-order valence-corrected chi connectivity index (χ4v) is 1.92. The first-order chi connectivity index (χ1) is 10.9. The standard InChI is InChI=1S/C16H33N3O3.HI/c1-17-16(18-8-3-4-10-21-13-12-20-2)19-9-5-11-22-14-15-6-7-15;/h15H,3-14H2,1-2H3,(H2,17,18,19);1H. The van der Waals surface area contributed by atoms with Crippen molar-refractivity contribution in [2.45, 2.75) is 32.1 Å². The first-order valence-corrected chi connectivity index (χ1v) is 8.45. The zero-order chi connectivity index (χ0) is 15.9. The van der Waals surface area contributed by atoms with E-state index in [-0.39, 0.29) is 24.0 Å². The molecule has 2 N–H and O–H groups in total. The average molecular weight is 443 g/mol. The average Bonchev–Trinajstić information content (AvgIpc) is 3.35. The number of halogens is 1. The molecule has 7 heteroatoms.